The molecule has 4 aromatic rings. The number of nitrogens with one attached hydrogen (secondary N) is 3. The van der Waals surface area contributed by atoms with Crippen LogP contribution < -0.4 is 20.1 Å². The van der Waals surface area contributed by atoms with Crippen LogP contribution in [0.15, 0.2) is 29.0 Å². The fraction of sp³-hybridized carbons (Fsp3) is 0.0625. The minimum atomic E-state index is -3.73. The Bertz CT molecular complexity index is 1240. The van der Waals surface area contributed by atoms with E-state index in [1.165, 1.54) is 23.5 Å². The first kappa shape index (κ1) is 18.4. The minimum absolute atomic E-state index is 0.0455. The maximum absolute atomic E-state index is 13.1. The molecule has 1 aliphatic rings. The van der Waals surface area contributed by atoms with Crippen LogP contribution in [0.2, 0.25) is 0 Å². The molecular formula is C16H8F2N6O4S2. The van der Waals surface area contributed by atoms with Crippen molar-refractivity contribution in [1.29, 1.82) is 0 Å². The van der Waals surface area contributed by atoms with Gasteiger partial charge >= 0.3 is 6.29 Å². The van der Waals surface area contributed by atoms with Crippen molar-refractivity contribution in [1.82, 2.24) is 19.3 Å². The molecule has 0 spiro atoms. The number of ether oxygens (including phenoxy) is 2. The molecule has 2 amide bonds. The molecule has 14 heteroatoms. The third-order valence-electron chi connectivity index (χ3n) is 3.87. The first-order chi connectivity index (χ1) is 14.4. The zero-order chi connectivity index (χ0) is 20.9. The molecule has 4 heterocycles. The van der Waals surface area contributed by atoms with Crippen molar-refractivity contribution in [3.05, 3.63) is 40.3 Å². The number of carbonyl (C=O) groups is 2. The van der Waals surface area contributed by atoms with Gasteiger partial charge in [-0.1, -0.05) is 0 Å². The molecule has 0 aliphatic carbocycles. The van der Waals surface area contributed by atoms with E-state index < -0.39 is 12.2 Å². The van der Waals surface area contributed by atoms with Crippen molar-refractivity contribution in [3.63, 3.8) is 0 Å². The number of thiophene rings is 1. The average Bonchev–Trinajstić information content (AvgIpc) is 3.44. The number of anilines is 2. The number of halogens is 2. The van der Waals surface area contributed by atoms with Crippen molar-refractivity contribution >= 4 is 56.8 Å². The van der Waals surface area contributed by atoms with E-state index in [2.05, 4.69) is 39.4 Å². The van der Waals surface area contributed by atoms with Gasteiger partial charge in [-0.3, -0.25) is 20.2 Å². The summed E-state index contributed by atoms with van der Waals surface area (Å²) in [6.45, 7) is 0. The molecule has 0 bridgehead atoms. The molecule has 1 aromatic carbocycles. The summed E-state index contributed by atoms with van der Waals surface area (Å²) in [7, 11) is 0. The van der Waals surface area contributed by atoms with E-state index in [1.54, 1.807) is 16.8 Å². The standard InChI is InChI=1S/C16H8F2N6O4S2/c17-16(18)27-9-3-7-8(4-10(9)28-16)20-14(19-7)22-13(26)11-21-15(30-24-11)23-12(25)6-1-2-29-5-6/h1-5H,(H2,19,20,22,26)(H,21,23,24,25). The van der Waals surface area contributed by atoms with Gasteiger partial charge in [0, 0.05) is 29.0 Å². The van der Waals surface area contributed by atoms with E-state index in [1.807, 2.05) is 0 Å². The number of H-pyrrole nitrogens is 1. The Morgan fingerprint density at radius 2 is 1.90 bits per heavy atom. The summed E-state index contributed by atoms with van der Waals surface area (Å²) >= 11 is 2.23. The Labute approximate surface area is 173 Å². The number of hydrogen-bond acceptors (Lipinski definition) is 9. The van der Waals surface area contributed by atoms with Crippen molar-refractivity contribution in [2.24, 2.45) is 0 Å². The van der Waals surface area contributed by atoms with Crippen LogP contribution in [0.25, 0.3) is 11.0 Å². The number of nitrogens with zero attached hydrogens (tertiary/aromatic N) is 3. The van der Waals surface area contributed by atoms with Gasteiger partial charge < -0.3 is 14.5 Å². The number of carbonyl (C=O) groups excluding carboxylic acids is 2. The van der Waals surface area contributed by atoms with Crippen LogP contribution >= 0.6 is 22.9 Å². The number of rotatable bonds is 4. The van der Waals surface area contributed by atoms with Gasteiger partial charge in [0.2, 0.25) is 16.9 Å². The Balaban J connectivity index is 1.29. The zero-order valence-electron chi connectivity index (χ0n) is 14.4. The van der Waals surface area contributed by atoms with Crippen molar-refractivity contribution < 1.29 is 27.8 Å². The first-order valence-electron chi connectivity index (χ1n) is 8.14. The van der Waals surface area contributed by atoms with Gasteiger partial charge in [-0.25, -0.2) is 4.98 Å². The molecule has 0 atom stereocenters. The molecule has 0 radical (unpaired) electrons. The third kappa shape index (κ3) is 3.42. The summed E-state index contributed by atoms with van der Waals surface area (Å²) in [5.74, 6) is -1.48. The van der Waals surface area contributed by atoms with Gasteiger partial charge in [0.25, 0.3) is 11.8 Å². The Hall–Kier alpha value is -3.65. The lowest BCUT2D eigenvalue weighted by Gasteiger charge is -2.04. The van der Waals surface area contributed by atoms with Crippen LogP contribution in [0.3, 0.4) is 0 Å². The van der Waals surface area contributed by atoms with E-state index in [9.17, 15) is 18.4 Å². The molecule has 5 rings (SSSR count). The molecular weight excluding hydrogens is 442 g/mol. The Morgan fingerprint density at radius 3 is 2.67 bits per heavy atom. The van der Waals surface area contributed by atoms with Crippen LogP contribution in [0.4, 0.5) is 19.9 Å². The van der Waals surface area contributed by atoms with Crippen molar-refractivity contribution in [2.75, 3.05) is 10.6 Å². The lowest BCUT2D eigenvalue weighted by Crippen LogP contribution is -2.25. The topological polar surface area (TPSA) is 131 Å². The average molecular weight is 450 g/mol. The molecule has 1 aliphatic heterocycles. The van der Waals surface area contributed by atoms with Crippen molar-refractivity contribution in [3.8, 4) is 11.5 Å². The molecule has 3 aromatic heterocycles. The number of aromatic nitrogens is 4. The van der Waals surface area contributed by atoms with Crippen LogP contribution in [0.5, 0.6) is 11.5 Å². The Kier molecular flexibility index (Phi) is 4.11. The molecule has 0 saturated carbocycles. The largest absolute Gasteiger partial charge is 0.586 e. The summed E-state index contributed by atoms with van der Waals surface area (Å²) < 4.78 is 38.9. The van der Waals surface area contributed by atoms with E-state index >= 15 is 0 Å². The molecule has 10 nitrogen and oxygen atoms in total. The Morgan fingerprint density at radius 1 is 1.10 bits per heavy atom. The van der Waals surface area contributed by atoms with E-state index in [4.69, 9.17) is 0 Å². The van der Waals surface area contributed by atoms with Gasteiger partial charge in [0.05, 0.1) is 16.6 Å². The molecule has 0 fully saturated rings. The third-order valence-corrected chi connectivity index (χ3v) is 5.18. The highest BCUT2D eigenvalue weighted by Gasteiger charge is 2.43. The normalized spacial score (nSPS) is 14.1. The van der Waals surface area contributed by atoms with E-state index in [0.29, 0.717) is 11.1 Å². The fourth-order valence-corrected chi connectivity index (χ4v) is 3.80. The van der Waals surface area contributed by atoms with E-state index in [-0.39, 0.29) is 39.8 Å². The summed E-state index contributed by atoms with van der Waals surface area (Å²) in [6, 6.07) is 4.20. The number of hydrogen-bond donors (Lipinski definition) is 3. The summed E-state index contributed by atoms with van der Waals surface area (Å²) in [6.07, 6.45) is -3.73. The molecule has 0 saturated heterocycles. The molecule has 30 heavy (non-hydrogen) atoms. The second kappa shape index (κ2) is 6.70. The monoisotopic (exact) mass is 450 g/mol. The van der Waals surface area contributed by atoms with E-state index in [0.717, 1.165) is 11.5 Å². The van der Waals surface area contributed by atoms with Crippen LogP contribution in [0.1, 0.15) is 21.0 Å². The number of fused-ring (bicyclic) bond motifs is 2. The lowest BCUT2D eigenvalue weighted by molar-refractivity contribution is -0.286. The number of benzene rings is 1. The SMILES string of the molecule is O=C(Nc1nc(C(=O)Nc2nc3cc4c(cc3[nH]2)OC(F)(F)O4)ns1)c1ccsc1. The molecule has 3 N–H and O–H groups in total. The minimum Gasteiger partial charge on any atom is -0.395 e. The van der Waals surface area contributed by atoms with Gasteiger partial charge in [0.15, 0.2) is 11.5 Å². The smallest absolute Gasteiger partial charge is 0.395 e. The van der Waals surface area contributed by atoms with Crippen LogP contribution in [-0.2, 0) is 0 Å². The van der Waals surface area contributed by atoms with Crippen molar-refractivity contribution in [2.45, 2.75) is 6.29 Å². The highest BCUT2D eigenvalue weighted by atomic mass is 32.1. The summed E-state index contributed by atoms with van der Waals surface area (Å²) in [5, 5.41) is 8.63. The number of aromatic amines is 1. The number of amides is 2. The van der Waals surface area contributed by atoms with Gasteiger partial charge in [-0.15, -0.1) is 8.78 Å². The summed E-state index contributed by atoms with van der Waals surface area (Å²) in [4.78, 5) is 35.2. The highest BCUT2D eigenvalue weighted by Crippen LogP contribution is 2.42. The second-order valence-electron chi connectivity index (χ2n) is 5.91. The number of imidazole rings is 1. The highest BCUT2D eigenvalue weighted by molar-refractivity contribution is 7.10. The zero-order valence-corrected chi connectivity index (χ0v) is 16.1. The molecule has 152 valence electrons. The lowest BCUT2D eigenvalue weighted by atomic mass is 10.3. The quantitative estimate of drug-likeness (QED) is 0.435. The predicted molar refractivity (Wildman–Crippen MR) is 102 cm³/mol. The number of alkyl halides is 2. The molecule has 0 unspecified atom stereocenters. The maximum Gasteiger partial charge on any atom is 0.586 e. The van der Waals surface area contributed by atoms with Crippen LogP contribution in [-0.4, -0.2) is 37.4 Å². The van der Waals surface area contributed by atoms with Gasteiger partial charge in [0.1, 0.15) is 0 Å². The van der Waals surface area contributed by atoms with Gasteiger partial charge in [-0.2, -0.15) is 20.7 Å². The van der Waals surface area contributed by atoms with Gasteiger partial charge in [-0.05, 0) is 11.4 Å². The van der Waals surface area contributed by atoms with Crippen LogP contribution in [0, 0.1) is 0 Å². The first-order valence-corrected chi connectivity index (χ1v) is 9.86. The summed E-state index contributed by atoms with van der Waals surface area (Å²) in [5.41, 5.74) is 1.10. The maximum atomic E-state index is 13.1. The predicted octanol–water partition coefficient (Wildman–Crippen LogP) is 3.30. The fourth-order valence-electron chi connectivity index (χ4n) is 2.61. The second-order valence-corrected chi connectivity index (χ2v) is 7.44.